The molecule has 34 heavy (non-hydrogen) atoms. The Morgan fingerprint density at radius 3 is 2.38 bits per heavy atom. The van der Waals surface area contributed by atoms with E-state index in [1.165, 1.54) is 34.9 Å². The number of aromatic nitrogens is 2. The number of hydrogen-bond donors (Lipinski definition) is 1. The number of hydrogen-bond acceptors (Lipinski definition) is 6. The van der Waals surface area contributed by atoms with Crippen LogP contribution < -0.4 is 20.3 Å². The maximum absolute atomic E-state index is 13.5. The van der Waals surface area contributed by atoms with Crippen molar-refractivity contribution >= 4 is 33.1 Å². The molecule has 1 atom stereocenters. The average Bonchev–Trinajstić information content (AvgIpc) is 3.29. The van der Waals surface area contributed by atoms with Crippen LogP contribution in [0.2, 0.25) is 0 Å². The minimum atomic E-state index is -0.770. The second kappa shape index (κ2) is 9.69. The Labute approximate surface area is 202 Å². The third-order valence-corrected chi connectivity index (χ3v) is 6.74. The molecule has 0 aliphatic heterocycles. The summed E-state index contributed by atoms with van der Waals surface area (Å²) in [5, 5.41) is 5.31. The first-order chi connectivity index (χ1) is 16.3. The molecule has 0 aliphatic carbocycles. The van der Waals surface area contributed by atoms with Crippen LogP contribution in [0.3, 0.4) is 0 Å². The van der Waals surface area contributed by atoms with Gasteiger partial charge in [-0.15, -0.1) is 11.3 Å². The highest BCUT2D eigenvalue weighted by Gasteiger charge is 2.21. The maximum atomic E-state index is 13.5. The van der Waals surface area contributed by atoms with Crippen LogP contribution in [0.4, 0.5) is 5.69 Å². The van der Waals surface area contributed by atoms with Crippen LogP contribution in [0.1, 0.15) is 38.3 Å². The number of nitrogens with one attached hydrogen (secondary N) is 1. The fourth-order valence-corrected chi connectivity index (χ4v) is 4.68. The monoisotopic (exact) mass is 477 g/mol. The van der Waals surface area contributed by atoms with Gasteiger partial charge in [0.1, 0.15) is 10.9 Å². The summed E-state index contributed by atoms with van der Waals surface area (Å²) in [5.74, 6) is 1.15. The van der Waals surface area contributed by atoms with Crippen molar-refractivity contribution < 1.29 is 14.3 Å². The van der Waals surface area contributed by atoms with E-state index in [1.807, 2.05) is 17.5 Å². The predicted octanol–water partition coefficient (Wildman–Crippen LogP) is 5.47. The molecule has 2 heterocycles. The van der Waals surface area contributed by atoms with Gasteiger partial charge in [0.15, 0.2) is 11.5 Å². The SMILES string of the molecule is COc1ccc(NC(=O)C(C)n2cnc3scc(-c4ccc(C(C)C)cc4)c3c2=O)cc1OC. The molecule has 0 aliphatic rings. The number of rotatable bonds is 7. The zero-order valence-electron chi connectivity index (χ0n) is 19.8. The van der Waals surface area contributed by atoms with Crippen molar-refractivity contribution in [1.29, 1.82) is 0 Å². The van der Waals surface area contributed by atoms with E-state index in [0.29, 0.717) is 33.3 Å². The molecular formula is C26H27N3O4S. The van der Waals surface area contributed by atoms with Gasteiger partial charge in [-0.05, 0) is 36.1 Å². The topological polar surface area (TPSA) is 82.5 Å². The standard InChI is InChI=1S/C26H27N3O4S/c1-15(2)17-6-8-18(9-7-17)20-13-34-25-23(20)26(31)29(14-27-25)16(3)24(30)28-19-10-11-21(32-4)22(12-19)33-5/h6-16H,1-5H3,(H,28,30). The Kier molecular flexibility index (Phi) is 6.70. The molecule has 0 fully saturated rings. The fraction of sp³-hybridized carbons (Fsp3) is 0.269. The minimum Gasteiger partial charge on any atom is -0.493 e. The molecule has 0 saturated heterocycles. The van der Waals surface area contributed by atoms with Crippen molar-refractivity contribution in [2.24, 2.45) is 0 Å². The van der Waals surface area contributed by atoms with Crippen molar-refractivity contribution in [3.05, 3.63) is 70.1 Å². The van der Waals surface area contributed by atoms with Gasteiger partial charge in [-0.25, -0.2) is 4.98 Å². The van der Waals surface area contributed by atoms with Crippen LogP contribution in [0.5, 0.6) is 11.5 Å². The lowest BCUT2D eigenvalue weighted by Crippen LogP contribution is -2.31. The molecule has 2 aromatic heterocycles. The summed E-state index contributed by atoms with van der Waals surface area (Å²) in [6, 6.07) is 12.5. The minimum absolute atomic E-state index is 0.246. The number of carbonyl (C=O) groups is 1. The number of methoxy groups -OCH3 is 2. The Morgan fingerprint density at radius 2 is 1.74 bits per heavy atom. The van der Waals surface area contributed by atoms with E-state index in [-0.39, 0.29) is 11.5 Å². The maximum Gasteiger partial charge on any atom is 0.263 e. The molecular weight excluding hydrogens is 450 g/mol. The highest BCUT2D eigenvalue weighted by atomic mass is 32.1. The number of ether oxygens (including phenoxy) is 2. The Balaban J connectivity index is 1.65. The number of thiophene rings is 1. The summed E-state index contributed by atoms with van der Waals surface area (Å²) in [6.45, 7) is 5.96. The van der Waals surface area contributed by atoms with Gasteiger partial charge in [0.05, 0.1) is 25.9 Å². The summed E-state index contributed by atoms with van der Waals surface area (Å²) in [4.78, 5) is 31.5. The molecule has 1 N–H and O–H groups in total. The van der Waals surface area contributed by atoms with E-state index in [9.17, 15) is 9.59 Å². The molecule has 0 saturated carbocycles. The molecule has 7 nitrogen and oxygen atoms in total. The van der Waals surface area contributed by atoms with Crippen molar-refractivity contribution in [2.75, 3.05) is 19.5 Å². The highest BCUT2D eigenvalue weighted by Crippen LogP contribution is 2.32. The molecule has 1 unspecified atom stereocenters. The lowest BCUT2D eigenvalue weighted by Gasteiger charge is -2.16. The third kappa shape index (κ3) is 4.41. The second-order valence-corrected chi connectivity index (χ2v) is 9.16. The van der Waals surface area contributed by atoms with Crippen LogP contribution >= 0.6 is 11.3 Å². The normalized spacial score (nSPS) is 12.1. The Morgan fingerprint density at radius 1 is 1.03 bits per heavy atom. The number of carbonyl (C=O) groups excluding carboxylic acids is 1. The van der Waals surface area contributed by atoms with E-state index >= 15 is 0 Å². The van der Waals surface area contributed by atoms with E-state index < -0.39 is 6.04 Å². The van der Waals surface area contributed by atoms with Gasteiger partial charge in [-0.3, -0.25) is 14.2 Å². The van der Waals surface area contributed by atoms with Gasteiger partial charge >= 0.3 is 0 Å². The van der Waals surface area contributed by atoms with Crippen LogP contribution in [-0.2, 0) is 4.79 Å². The first kappa shape index (κ1) is 23.5. The molecule has 176 valence electrons. The molecule has 1 amide bonds. The quantitative estimate of drug-likeness (QED) is 0.382. The lowest BCUT2D eigenvalue weighted by molar-refractivity contribution is -0.118. The van der Waals surface area contributed by atoms with E-state index in [2.05, 4.69) is 36.3 Å². The van der Waals surface area contributed by atoms with Crippen LogP contribution in [0.15, 0.2) is 59.0 Å². The summed E-state index contributed by atoms with van der Waals surface area (Å²) in [7, 11) is 3.08. The number of fused-ring (bicyclic) bond motifs is 1. The number of amides is 1. The van der Waals surface area contributed by atoms with E-state index in [0.717, 1.165) is 11.1 Å². The molecule has 4 aromatic rings. The van der Waals surface area contributed by atoms with Gasteiger partial charge in [0.25, 0.3) is 5.56 Å². The van der Waals surface area contributed by atoms with Gasteiger partial charge in [0, 0.05) is 22.7 Å². The molecule has 0 bridgehead atoms. The van der Waals surface area contributed by atoms with Crippen LogP contribution in [0, 0.1) is 0 Å². The summed E-state index contributed by atoms with van der Waals surface area (Å²) in [5.41, 5.74) is 3.31. The largest absolute Gasteiger partial charge is 0.493 e. The highest BCUT2D eigenvalue weighted by molar-refractivity contribution is 7.17. The van der Waals surface area contributed by atoms with Gasteiger partial charge in [-0.1, -0.05) is 38.1 Å². The number of nitrogens with zero attached hydrogens (tertiary/aromatic N) is 2. The third-order valence-electron chi connectivity index (χ3n) is 5.86. The first-order valence-corrected chi connectivity index (χ1v) is 11.8. The van der Waals surface area contributed by atoms with E-state index in [4.69, 9.17) is 9.47 Å². The summed E-state index contributed by atoms with van der Waals surface area (Å²) >= 11 is 1.42. The molecule has 8 heteroatoms. The van der Waals surface area contributed by atoms with Crippen molar-refractivity contribution in [3.8, 4) is 22.6 Å². The predicted molar refractivity (Wildman–Crippen MR) is 136 cm³/mol. The smallest absolute Gasteiger partial charge is 0.263 e. The molecule has 2 aromatic carbocycles. The molecule has 0 radical (unpaired) electrons. The Bertz CT molecular complexity index is 1390. The molecule has 0 spiro atoms. The Hall–Kier alpha value is -3.65. The van der Waals surface area contributed by atoms with Gasteiger partial charge < -0.3 is 14.8 Å². The summed E-state index contributed by atoms with van der Waals surface area (Å²) in [6.07, 6.45) is 1.44. The van der Waals surface area contributed by atoms with E-state index in [1.54, 1.807) is 32.2 Å². The molecule has 4 rings (SSSR count). The van der Waals surface area contributed by atoms with Crippen LogP contribution in [0.25, 0.3) is 21.3 Å². The second-order valence-electron chi connectivity index (χ2n) is 8.30. The van der Waals surface area contributed by atoms with Gasteiger partial charge in [0.2, 0.25) is 5.91 Å². The van der Waals surface area contributed by atoms with Gasteiger partial charge in [-0.2, -0.15) is 0 Å². The van der Waals surface area contributed by atoms with Crippen molar-refractivity contribution in [3.63, 3.8) is 0 Å². The zero-order chi connectivity index (χ0) is 24.4. The summed E-state index contributed by atoms with van der Waals surface area (Å²) < 4.78 is 11.9. The van der Waals surface area contributed by atoms with Crippen molar-refractivity contribution in [2.45, 2.75) is 32.7 Å². The van der Waals surface area contributed by atoms with Crippen LogP contribution in [-0.4, -0.2) is 29.7 Å². The lowest BCUT2D eigenvalue weighted by atomic mass is 9.99. The average molecular weight is 478 g/mol. The number of anilines is 1. The zero-order valence-corrected chi connectivity index (χ0v) is 20.6. The van der Waals surface area contributed by atoms with Crippen molar-refractivity contribution in [1.82, 2.24) is 9.55 Å². The number of benzene rings is 2. The first-order valence-electron chi connectivity index (χ1n) is 11.0. The fourth-order valence-electron chi connectivity index (χ4n) is 3.77.